The first-order valence-corrected chi connectivity index (χ1v) is 12.1. The predicted molar refractivity (Wildman–Crippen MR) is 133 cm³/mol. The summed E-state index contributed by atoms with van der Waals surface area (Å²) in [5.41, 5.74) is 2.53. The number of para-hydroxylation sites is 1. The summed E-state index contributed by atoms with van der Waals surface area (Å²) in [6, 6.07) is 14.9. The van der Waals surface area contributed by atoms with Crippen LogP contribution in [0, 0.1) is 0 Å². The number of halogens is 1. The van der Waals surface area contributed by atoms with Crippen LogP contribution in [-0.4, -0.2) is 40.4 Å². The van der Waals surface area contributed by atoms with Crippen molar-refractivity contribution < 1.29 is 14.6 Å². The van der Waals surface area contributed by atoms with Crippen LogP contribution in [0.5, 0.6) is 11.5 Å². The fraction of sp³-hybridized carbons (Fsp3) is 0.259. The Morgan fingerprint density at radius 1 is 0.943 bits per heavy atom. The molecule has 1 fully saturated rings. The van der Waals surface area contributed by atoms with E-state index in [-0.39, 0.29) is 12.4 Å². The van der Waals surface area contributed by atoms with Crippen molar-refractivity contribution in [2.24, 2.45) is 0 Å². The first kappa shape index (κ1) is 21.8. The molecule has 3 aromatic rings. The molecule has 0 unspecified atom stereocenters. The molecule has 0 spiro atoms. The Labute approximate surface area is 207 Å². The highest BCUT2D eigenvalue weighted by atomic mass is 35.5. The minimum absolute atomic E-state index is 0.0465. The maximum absolute atomic E-state index is 13.4. The van der Waals surface area contributed by atoms with E-state index in [0.29, 0.717) is 29.8 Å². The Balaban J connectivity index is 1.66. The average molecular weight is 490 g/mol. The Bertz CT molecular complexity index is 1410. The Kier molecular flexibility index (Phi) is 5.29. The summed E-state index contributed by atoms with van der Waals surface area (Å²) in [4.78, 5) is 27.3. The number of ether oxygens (including phenoxy) is 1. The second-order valence-electron chi connectivity index (χ2n) is 9.08. The van der Waals surface area contributed by atoms with Gasteiger partial charge in [0.25, 0.3) is 5.91 Å². The minimum atomic E-state index is -0.590. The number of benzene rings is 2. The maximum atomic E-state index is 13.4. The number of aromatic hydroxyl groups is 1. The summed E-state index contributed by atoms with van der Waals surface area (Å²) in [5, 5.41) is 13.2. The second-order valence-corrected chi connectivity index (χ2v) is 9.48. The zero-order valence-corrected chi connectivity index (χ0v) is 19.7. The number of hydrogen-bond acceptors (Lipinski definition) is 5. The third-order valence-electron chi connectivity index (χ3n) is 6.85. The zero-order valence-electron chi connectivity index (χ0n) is 18.9. The van der Waals surface area contributed by atoms with Crippen LogP contribution in [0.3, 0.4) is 0 Å². The highest BCUT2D eigenvalue weighted by molar-refractivity contribution is 6.32. The van der Waals surface area contributed by atoms with Crippen LogP contribution >= 0.6 is 11.6 Å². The molecular weight excluding hydrogens is 466 g/mol. The van der Waals surface area contributed by atoms with Crippen molar-refractivity contribution in [2.75, 3.05) is 24.8 Å². The van der Waals surface area contributed by atoms with E-state index in [9.17, 15) is 14.7 Å². The fourth-order valence-electron chi connectivity index (χ4n) is 5.04. The van der Waals surface area contributed by atoms with E-state index in [4.69, 9.17) is 16.3 Å². The van der Waals surface area contributed by atoms with Crippen molar-refractivity contribution in [3.05, 3.63) is 105 Å². The maximum Gasteiger partial charge on any atom is 0.278 e. The number of pyridine rings is 1. The lowest BCUT2D eigenvalue weighted by atomic mass is 9.91. The molecule has 0 radical (unpaired) electrons. The van der Waals surface area contributed by atoms with Crippen molar-refractivity contribution in [3.63, 3.8) is 0 Å². The van der Waals surface area contributed by atoms with Gasteiger partial charge in [-0.3, -0.25) is 19.3 Å². The number of hydrogen-bond donors (Lipinski definition) is 1. The molecule has 1 aliphatic carbocycles. The number of fused-ring (bicyclic) bond motifs is 5. The molecule has 3 heterocycles. The molecule has 1 amide bonds. The first-order chi connectivity index (χ1) is 17.0. The zero-order chi connectivity index (χ0) is 24.1. The van der Waals surface area contributed by atoms with Crippen LogP contribution in [0.2, 0.25) is 5.02 Å². The third kappa shape index (κ3) is 3.67. The predicted octanol–water partition coefficient (Wildman–Crippen LogP) is 4.17. The van der Waals surface area contributed by atoms with Crippen molar-refractivity contribution >= 4 is 17.5 Å². The van der Waals surface area contributed by atoms with E-state index in [1.54, 1.807) is 21.8 Å². The van der Waals surface area contributed by atoms with Gasteiger partial charge < -0.3 is 14.7 Å². The lowest BCUT2D eigenvalue weighted by molar-refractivity contribution is 0.0701. The topological polar surface area (TPSA) is 75.0 Å². The number of carbonyl (C=O) groups is 1. The van der Waals surface area contributed by atoms with Crippen molar-refractivity contribution in [3.8, 4) is 11.5 Å². The van der Waals surface area contributed by atoms with Gasteiger partial charge in [0.05, 0.1) is 5.02 Å². The normalized spacial score (nSPS) is 20.4. The van der Waals surface area contributed by atoms with Crippen molar-refractivity contribution in [1.82, 2.24) is 9.58 Å². The monoisotopic (exact) mass is 489 g/mol. The highest BCUT2D eigenvalue weighted by Crippen LogP contribution is 2.47. The van der Waals surface area contributed by atoms with Gasteiger partial charge in [0.2, 0.25) is 5.43 Å². The van der Waals surface area contributed by atoms with E-state index in [1.165, 1.54) is 11.6 Å². The molecule has 8 heteroatoms. The van der Waals surface area contributed by atoms with Crippen LogP contribution in [0.25, 0.3) is 0 Å². The molecule has 1 atom stereocenters. The van der Waals surface area contributed by atoms with Crippen LogP contribution in [0.1, 0.15) is 52.0 Å². The smallest absolute Gasteiger partial charge is 0.278 e. The summed E-state index contributed by atoms with van der Waals surface area (Å²) in [5.74, 6) is 0.0928. The first-order valence-electron chi connectivity index (χ1n) is 11.7. The van der Waals surface area contributed by atoms with Crippen LogP contribution in [-0.2, 0) is 0 Å². The number of carbonyl (C=O) groups excluding carboxylic acids is 1. The van der Waals surface area contributed by atoms with Gasteiger partial charge in [-0.15, -0.1) is 0 Å². The molecule has 1 aromatic heterocycles. The number of amides is 1. The lowest BCUT2D eigenvalue weighted by Gasteiger charge is -2.44. The van der Waals surface area contributed by atoms with Gasteiger partial charge >= 0.3 is 0 Å². The lowest BCUT2D eigenvalue weighted by Crippen LogP contribution is -2.55. The molecule has 178 valence electrons. The van der Waals surface area contributed by atoms with Crippen molar-refractivity contribution in [1.29, 1.82) is 0 Å². The molecule has 1 saturated carbocycles. The molecule has 0 saturated heterocycles. The second kappa shape index (κ2) is 8.50. The molecule has 2 aromatic carbocycles. The Morgan fingerprint density at radius 2 is 1.71 bits per heavy atom. The molecule has 7 nitrogen and oxygen atoms in total. The molecular formula is C27H24ClN3O4. The van der Waals surface area contributed by atoms with Gasteiger partial charge in [0.15, 0.2) is 11.4 Å². The third-order valence-corrected chi connectivity index (χ3v) is 7.15. The quantitative estimate of drug-likeness (QED) is 0.547. The van der Waals surface area contributed by atoms with Gasteiger partial charge in [-0.1, -0.05) is 54.1 Å². The van der Waals surface area contributed by atoms with Crippen LogP contribution in [0.4, 0.5) is 0 Å². The summed E-state index contributed by atoms with van der Waals surface area (Å²) < 4.78 is 7.77. The summed E-state index contributed by atoms with van der Waals surface area (Å²) in [7, 11) is 0. The van der Waals surface area contributed by atoms with E-state index in [1.807, 2.05) is 41.4 Å². The average Bonchev–Trinajstić information content (AvgIpc) is 3.70. The van der Waals surface area contributed by atoms with Crippen molar-refractivity contribution in [2.45, 2.75) is 24.8 Å². The van der Waals surface area contributed by atoms with E-state index >= 15 is 0 Å². The summed E-state index contributed by atoms with van der Waals surface area (Å²) >= 11 is 6.65. The van der Waals surface area contributed by atoms with Crippen LogP contribution in [0.15, 0.2) is 71.7 Å². The van der Waals surface area contributed by atoms with Crippen LogP contribution < -0.4 is 15.2 Å². The number of aromatic nitrogens is 1. The van der Waals surface area contributed by atoms with Gasteiger partial charge in [0, 0.05) is 24.4 Å². The number of rotatable bonds is 2. The summed E-state index contributed by atoms with van der Waals surface area (Å²) in [6.45, 7) is 0.849. The van der Waals surface area contributed by atoms with Gasteiger partial charge in [0.1, 0.15) is 25.1 Å². The standard InChI is InChI=1S/C27H24ClN3O4/c28-21-9-5-8-20-23(19-7-2-1-6-18(19)17-10-11-17)31-16-29(13-3-4-15-35-26(20)21)27(34)24-25(33)22(32)12-14-30(24)31/h1-9,12,14,17,23,33H,10-11,13,15-16H2/b4-3-/t23-/m1/s1. The summed E-state index contributed by atoms with van der Waals surface area (Å²) in [6.07, 6.45) is 7.50. The molecule has 6 rings (SSSR count). The Hall–Kier alpha value is -3.71. The molecule has 35 heavy (non-hydrogen) atoms. The van der Waals surface area contributed by atoms with E-state index < -0.39 is 23.1 Å². The SMILES string of the molecule is O=C1c2c(O)c(=O)ccn2N2CN1C/C=C\COc1c(Cl)cccc1[C@H]2c1ccccc1C1CC1. The minimum Gasteiger partial charge on any atom is -0.502 e. The molecule has 3 aliphatic rings. The molecule has 1 N–H and O–H groups in total. The Morgan fingerprint density at radius 3 is 2.51 bits per heavy atom. The number of nitrogens with zero attached hydrogens (tertiary/aromatic N) is 3. The van der Waals surface area contributed by atoms with Gasteiger partial charge in [-0.2, -0.15) is 0 Å². The highest BCUT2D eigenvalue weighted by Gasteiger charge is 2.39. The van der Waals surface area contributed by atoms with Gasteiger partial charge in [-0.05, 0) is 42.0 Å². The fourth-order valence-corrected chi connectivity index (χ4v) is 5.28. The molecule has 2 aliphatic heterocycles. The largest absolute Gasteiger partial charge is 0.502 e. The van der Waals surface area contributed by atoms with E-state index in [2.05, 4.69) is 12.1 Å². The van der Waals surface area contributed by atoms with E-state index in [0.717, 1.165) is 24.0 Å². The molecule has 2 bridgehead atoms. The van der Waals surface area contributed by atoms with Gasteiger partial charge in [-0.25, -0.2) is 0 Å².